The molecule has 0 N–H and O–H groups in total. The van der Waals surface area contributed by atoms with Gasteiger partial charge >= 0.3 is 0 Å². The van der Waals surface area contributed by atoms with Gasteiger partial charge in [-0.2, -0.15) is 0 Å². The van der Waals surface area contributed by atoms with E-state index in [1.54, 1.807) is 12.4 Å². The maximum Gasteiger partial charge on any atom is 0.257 e. The van der Waals surface area contributed by atoms with E-state index in [0.717, 1.165) is 5.39 Å². The van der Waals surface area contributed by atoms with Gasteiger partial charge in [-0.15, -0.1) is 0 Å². The third kappa shape index (κ3) is 1.30. The maximum absolute atomic E-state index is 4.99. The molecule has 0 unspecified atom stereocenters. The lowest BCUT2D eigenvalue weighted by atomic mass is 9.86. The summed E-state index contributed by atoms with van der Waals surface area (Å²) in [4.78, 5) is 4.09. The summed E-state index contributed by atoms with van der Waals surface area (Å²) >= 11 is 0. The van der Waals surface area contributed by atoms with E-state index in [1.165, 1.54) is 5.56 Å². The smallest absolute Gasteiger partial charge is 0.257 e. The molecule has 3 nitrogen and oxygen atoms in total. The molecule has 0 spiro atoms. The summed E-state index contributed by atoms with van der Waals surface area (Å²) < 4.78 is 4.99. The van der Waals surface area contributed by atoms with Gasteiger partial charge in [-0.05, 0) is 17.0 Å². The molecule has 0 bridgehead atoms. The van der Waals surface area contributed by atoms with Crippen molar-refractivity contribution in [1.82, 2.24) is 10.1 Å². The Balaban J connectivity index is 2.75. The fraction of sp³-hybridized carbons (Fsp3) is 0.400. The van der Waals surface area contributed by atoms with Crippen LogP contribution in [0.1, 0.15) is 26.3 Å². The minimum atomic E-state index is 0.104. The molecule has 2 aromatic heterocycles. The Hall–Kier alpha value is -1.38. The topological polar surface area (TPSA) is 38.9 Å². The van der Waals surface area contributed by atoms with Gasteiger partial charge in [0.05, 0.1) is 11.6 Å². The van der Waals surface area contributed by atoms with E-state index in [0.29, 0.717) is 5.71 Å². The van der Waals surface area contributed by atoms with Crippen LogP contribution in [0.5, 0.6) is 0 Å². The van der Waals surface area contributed by atoms with Crippen molar-refractivity contribution in [2.24, 2.45) is 0 Å². The standard InChI is InChI=1S/C10H12N2O/c1-10(2,3)8-4-5-11-9-7(8)6-12-13-9/h4-6H,1-3H3. The predicted molar refractivity (Wildman–Crippen MR) is 50.5 cm³/mol. The number of hydrogen-bond donors (Lipinski definition) is 0. The summed E-state index contributed by atoms with van der Waals surface area (Å²) in [5.74, 6) is 0. The molecule has 2 rings (SSSR count). The Morgan fingerprint density at radius 1 is 1.31 bits per heavy atom. The van der Waals surface area contributed by atoms with Crippen LogP contribution < -0.4 is 0 Å². The largest absolute Gasteiger partial charge is 0.336 e. The van der Waals surface area contributed by atoms with Crippen molar-refractivity contribution in [3.63, 3.8) is 0 Å². The molecule has 0 aliphatic heterocycles. The minimum absolute atomic E-state index is 0.104. The Labute approximate surface area is 76.8 Å². The third-order valence-corrected chi connectivity index (χ3v) is 2.08. The molecular formula is C10H12N2O. The fourth-order valence-corrected chi connectivity index (χ4v) is 1.43. The van der Waals surface area contributed by atoms with Gasteiger partial charge in [0.1, 0.15) is 0 Å². The van der Waals surface area contributed by atoms with E-state index < -0.39 is 0 Å². The molecule has 0 amide bonds. The molecule has 0 saturated heterocycles. The molecule has 2 heterocycles. The van der Waals surface area contributed by atoms with E-state index in [2.05, 4.69) is 30.9 Å². The summed E-state index contributed by atoms with van der Waals surface area (Å²) in [5.41, 5.74) is 1.94. The van der Waals surface area contributed by atoms with Gasteiger partial charge < -0.3 is 4.52 Å². The molecule has 0 aliphatic rings. The average molecular weight is 176 g/mol. The van der Waals surface area contributed by atoms with Crippen LogP contribution in [0.3, 0.4) is 0 Å². The predicted octanol–water partition coefficient (Wildman–Crippen LogP) is 2.52. The SMILES string of the molecule is CC(C)(C)c1ccnc2oncc12. The molecule has 0 aromatic carbocycles. The van der Waals surface area contributed by atoms with Crippen molar-refractivity contribution in [3.8, 4) is 0 Å². The van der Waals surface area contributed by atoms with Crippen LogP contribution in [0, 0.1) is 0 Å². The maximum atomic E-state index is 4.99. The second-order valence-corrected chi connectivity index (χ2v) is 4.15. The van der Waals surface area contributed by atoms with Gasteiger partial charge in [0.15, 0.2) is 0 Å². The van der Waals surface area contributed by atoms with Crippen molar-refractivity contribution in [2.45, 2.75) is 26.2 Å². The summed E-state index contributed by atoms with van der Waals surface area (Å²) in [6.45, 7) is 6.48. The van der Waals surface area contributed by atoms with E-state index in [1.807, 2.05) is 6.07 Å². The summed E-state index contributed by atoms with van der Waals surface area (Å²) in [5, 5.41) is 4.75. The Kier molecular flexibility index (Phi) is 1.62. The lowest BCUT2D eigenvalue weighted by Crippen LogP contribution is -2.11. The zero-order valence-corrected chi connectivity index (χ0v) is 8.03. The number of nitrogens with zero attached hydrogens (tertiary/aromatic N) is 2. The van der Waals surface area contributed by atoms with Crippen LogP contribution in [0.25, 0.3) is 11.1 Å². The highest BCUT2D eigenvalue weighted by molar-refractivity contribution is 5.77. The summed E-state index contributed by atoms with van der Waals surface area (Å²) in [7, 11) is 0. The van der Waals surface area contributed by atoms with Crippen molar-refractivity contribution in [1.29, 1.82) is 0 Å². The van der Waals surface area contributed by atoms with Gasteiger partial charge in [-0.1, -0.05) is 25.9 Å². The van der Waals surface area contributed by atoms with Crippen LogP contribution in [0.2, 0.25) is 0 Å². The highest BCUT2D eigenvalue weighted by Gasteiger charge is 2.18. The minimum Gasteiger partial charge on any atom is -0.336 e. The highest BCUT2D eigenvalue weighted by Crippen LogP contribution is 2.28. The summed E-state index contributed by atoms with van der Waals surface area (Å²) in [6, 6.07) is 2.01. The van der Waals surface area contributed by atoms with Crippen LogP contribution in [-0.4, -0.2) is 10.1 Å². The lowest BCUT2D eigenvalue weighted by molar-refractivity contribution is 0.448. The van der Waals surface area contributed by atoms with Gasteiger partial charge in [0, 0.05) is 6.20 Å². The van der Waals surface area contributed by atoms with E-state index in [4.69, 9.17) is 4.52 Å². The van der Waals surface area contributed by atoms with Gasteiger partial charge in [-0.25, -0.2) is 4.98 Å². The normalized spacial score (nSPS) is 12.2. The van der Waals surface area contributed by atoms with Crippen LogP contribution in [-0.2, 0) is 5.41 Å². The zero-order chi connectivity index (χ0) is 9.47. The monoisotopic (exact) mass is 176 g/mol. The number of fused-ring (bicyclic) bond motifs is 1. The molecular weight excluding hydrogens is 164 g/mol. The van der Waals surface area contributed by atoms with Crippen LogP contribution >= 0.6 is 0 Å². The average Bonchev–Trinajstić information content (AvgIpc) is 2.48. The first kappa shape index (κ1) is 8.23. The lowest BCUT2D eigenvalue weighted by Gasteiger charge is -2.18. The van der Waals surface area contributed by atoms with Crippen molar-refractivity contribution >= 4 is 11.1 Å². The van der Waals surface area contributed by atoms with Gasteiger partial charge in [0.2, 0.25) is 0 Å². The third-order valence-electron chi connectivity index (χ3n) is 2.08. The first-order valence-electron chi connectivity index (χ1n) is 4.29. The molecule has 2 aromatic rings. The molecule has 68 valence electrons. The van der Waals surface area contributed by atoms with Crippen molar-refractivity contribution in [3.05, 3.63) is 24.0 Å². The van der Waals surface area contributed by atoms with E-state index in [9.17, 15) is 0 Å². The Morgan fingerprint density at radius 2 is 2.08 bits per heavy atom. The quantitative estimate of drug-likeness (QED) is 0.619. The second kappa shape index (κ2) is 2.55. The Morgan fingerprint density at radius 3 is 2.77 bits per heavy atom. The number of pyridine rings is 1. The fourth-order valence-electron chi connectivity index (χ4n) is 1.43. The van der Waals surface area contributed by atoms with Crippen molar-refractivity contribution in [2.75, 3.05) is 0 Å². The van der Waals surface area contributed by atoms with Crippen molar-refractivity contribution < 1.29 is 4.52 Å². The zero-order valence-electron chi connectivity index (χ0n) is 8.03. The second-order valence-electron chi connectivity index (χ2n) is 4.15. The van der Waals surface area contributed by atoms with E-state index in [-0.39, 0.29) is 5.41 Å². The molecule has 0 atom stereocenters. The van der Waals surface area contributed by atoms with Gasteiger partial charge in [0.25, 0.3) is 5.71 Å². The number of hydrogen-bond acceptors (Lipinski definition) is 3. The molecule has 13 heavy (non-hydrogen) atoms. The first-order valence-corrected chi connectivity index (χ1v) is 4.29. The Bertz CT molecular complexity index is 426. The molecule has 3 heteroatoms. The van der Waals surface area contributed by atoms with Crippen LogP contribution in [0.15, 0.2) is 23.0 Å². The number of aromatic nitrogens is 2. The highest BCUT2D eigenvalue weighted by atomic mass is 16.5. The molecule has 0 saturated carbocycles. The molecule has 0 fully saturated rings. The van der Waals surface area contributed by atoms with Gasteiger partial charge in [-0.3, -0.25) is 0 Å². The summed E-state index contributed by atoms with van der Waals surface area (Å²) in [6.07, 6.45) is 3.48. The number of rotatable bonds is 0. The van der Waals surface area contributed by atoms with E-state index >= 15 is 0 Å². The van der Waals surface area contributed by atoms with Crippen LogP contribution in [0.4, 0.5) is 0 Å². The molecule has 0 aliphatic carbocycles. The molecule has 0 radical (unpaired) electrons. The first-order chi connectivity index (χ1) is 6.09.